The van der Waals surface area contributed by atoms with Gasteiger partial charge in [-0.15, -0.1) is 0 Å². The highest BCUT2D eigenvalue weighted by Gasteiger charge is 2.25. The van der Waals surface area contributed by atoms with Crippen LogP contribution in [-0.4, -0.2) is 27.4 Å². The third kappa shape index (κ3) is 5.92. The summed E-state index contributed by atoms with van der Waals surface area (Å²) in [6.07, 6.45) is 0. The molecule has 1 aromatic heterocycles. The Bertz CT molecular complexity index is 1720. The SMILES string of the molecule is CC(c1nc2ccccc2c(=O)n1-c1ccc(OCc2ccccc2)cc1)N(C)C(=O)c1ccc(C(C)(C)C)cc1. The van der Waals surface area contributed by atoms with E-state index in [0.29, 0.717) is 40.3 Å². The molecule has 6 nitrogen and oxygen atoms in total. The Labute approximate surface area is 240 Å². The van der Waals surface area contributed by atoms with E-state index < -0.39 is 6.04 Å². The Kier molecular flexibility index (Phi) is 7.75. The first-order chi connectivity index (χ1) is 19.6. The topological polar surface area (TPSA) is 64.4 Å². The van der Waals surface area contributed by atoms with Gasteiger partial charge in [0, 0.05) is 12.6 Å². The van der Waals surface area contributed by atoms with E-state index >= 15 is 0 Å². The fourth-order valence-electron chi connectivity index (χ4n) is 4.78. The van der Waals surface area contributed by atoms with Crippen LogP contribution in [0.2, 0.25) is 0 Å². The zero-order chi connectivity index (χ0) is 29.1. The molecule has 0 fully saturated rings. The third-order valence-corrected chi connectivity index (χ3v) is 7.42. The maximum absolute atomic E-state index is 13.8. The predicted molar refractivity (Wildman–Crippen MR) is 164 cm³/mol. The molecule has 0 radical (unpaired) electrons. The molecule has 0 saturated heterocycles. The van der Waals surface area contributed by atoms with E-state index in [9.17, 15) is 9.59 Å². The molecular formula is C35H35N3O3. The summed E-state index contributed by atoms with van der Waals surface area (Å²) >= 11 is 0. The summed E-state index contributed by atoms with van der Waals surface area (Å²) in [6, 6.07) is 31.9. The molecule has 0 saturated carbocycles. The fraction of sp³-hybridized carbons (Fsp3) is 0.229. The number of ether oxygens (including phenoxy) is 1. The first-order valence-corrected chi connectivity index (χ1v) is 13.8. The lowest BCUT2D eigenvalue weighted by molar-refractivity contribution is 0.0735. The van der Waals surface area contributed by atoms with E-state index in [1.165, 1.54) is 0 Å². The van der Waals surface area contributed by atoms with Crippen LogP contribution in [0.1, 0.15) is 61.0 Å². The zero-order valence-corrected chi connectivity index (χ0v) is 24.2. The quantitative estimate of drug-likeness (QED) is 0.219. The summed E-state index contributed by atoms with van der Waals surface area (Å²) in [7, 11) is 1.75. The van der Waals surface area contributed by atoms with Crippen LogP contribution in [0.3, 0.4) is 0 Å². The van der Waals surface area contributed by atoms with Crippen molar-refractivity contribution in [2.75, 3.05) is 7.05 Å². The van der Waals surface area contributed by atoms with Gasteiger partial charge in [0.2, 0.25) is 0 Å². The second kappa shape index (κ2) is 11.4. The number of hydrogen-bond acceptors (Lipinski definition) is 4. The van der Waals surface area contributed by atoms with Crippen molar-refractivity contribution in [2.24, 2.45) is 0 Å². The van der Waals surface area contributed by atoms with Crippen molar-refractivity contribution in [1.29, 1.82) is 0 Å². The highest BCUT2D eigenvalue weighted by atomic mass is 16.5. The monoisotopic (exact) mass is 545 g/mol. The van der Waals surface area contributed by atoms with E-state index in [4.69, 9.17) is 9.72 Å². The minimum absolute atomic E-state index is 0.00596. The molecule has 0 bridgehead atoms. The van der Waals surface area contributed by atoms with Crippen molar-refractivity contribution in [3.63, 3.8) is 0 Å². The summed E-state index contributed by atoms with van der Waals surface area (Å²) < 4.78 is 7.55. The van der Waals surface area contributed by atoms with Gasteiger partial charge in [0.1, 0.15) is 18.2 Å². The minimum Gasteiger partial charge on any atom is -0.489 e. The Morgan fingerprint density at radius 1 is 0.878 bits per heavy atom. The standard InChI is InChI=1S/C35H35N3O3/c1-24(37(5)33(39)26-15-17-27(18-16-26)35(2,3)4)32-36-31-14-10-9-13-30(31)34(40)38(32)28-19-21-29(22-20-28)41-23-25-11-7-6-8-12-25/h6-22,24H,23H2,1-5H3. The Balaban J connectivity index is 1.48. The summed E-state index contributed by atoms with van der Waals surface area (Å²) in [6.45, 7) is 8.77. The third-order valence-electron chi connectivity index (χ3n) is 7.42. The van der Waals surface area contributed by atoms with Crippen molar-refractivity contribution in [1.82, 2.24) is 14.5 Å². The molecule has 1 atom stereocenters. The Morgan fingerprint density at radius 3 is 2.17 bits per heavy atom. The number of carbonyl (C=O) groups is 1. The largest absolute Gasteiger partial charge is 0.489 e. The lowest BCUT2D eigenvalue weighted by Gasteiger charge is -2.27. The second-order valence-corrected chi connectivity index (χ2v) is 11.3. The summed E-state index contributed by atoms with van der Waals surface area (Å²) in [5.74, 6) is 1.03. The second-order valence-electron chi connectivity index (χ2n) is 11.3. The Hall–Kier alpha value is -4.71. The van der Waals surface area contributed by atoms with E-state index in [2.05, 4.69) is 20.8 Å². The van der Waals surface area contributed by atoms with Gasteiger partial charge < -0.3 is 9.64 Å². The van der Waals surface area contributed by atoms with Crippen molar-refractivity contribution < 1.29 is 9.53 Å². The molecule has 5 aromatic rings. The van der Waals surface area contributed by atoms with Crippen LogP contribution in [0.25, 0.3) is 16.6 Å². The van der Waals surface area contributed by atoms with Crippen molar-refractivity contribution in [2.45, 2.75) is 45.8 Å². The molecule has 5 rings (SSSR count). The lowest BCUT2D eigenvalue weighted by atomic mass is 9.86. The fourth-order valence-corrected chi connectivity index (χ4v) is 4.78. The van der Waals surface area contributed by atoms with Gasteiger partial charge in [-0.25, -0.2) is 4.98 Å². The van der Waals surface area contributed by atoms with Gasteiger partial charge >= 0.3 is 0 Å². The number of benzene rings is 4. The molecule has 0 N–H and O–H groups in total. The van der Waals surface area contributed by atoms with Crippen molar-refractivity contribution >= 4 is 16.8 Å². The van der Waals surface area contributed by atoms with Crippen LogP contribution in [0.4, 0.5) is 0 Å². The van der Waals surface area contributed by atoms with Gasteiger partial charge in [-0.3, -0.25) is 14.2 Å². The van der Waals surface area contributed by atoms with Gasteiger partial charge in [-0.1, -0.05) is 75.4 Å². The smallest absolute Gasteiger partial charge is 0.266 e. The summed E-state index contributed by atoms with van der Waals surface area (Å²) in [5, 5.41) is 0.514. The van der Waals surface area contributed by atoms with Crippen molar-refractivity contribution in [3.05, 3.63) is 136 Å². The normalized spacial score (nSPS) is 12.2. The highest BCUT2D eigenvalue weighted by molar-refractivity contribution is 5.94. The molecule has 1 amide bonds. The summed E-state index contributed by atoms with van der Waals surface area (Å²) in [4.78, 5) is 33.9. The maximum atomic E-state index is 13.8. The van der Waals surface area contributed by atoms with Crippen LogP contribution in [-0.2, 0) is 12.0 Å². The molecule has 0 aliphatic rings. The van der Waals surface area contributed by atoms with E-state index in [0.717, 1.165) is 11.1 Å². The summed E-state index contributed by atoms with van der Waals surface area (Å²) in [5.41, 5.74) is 3.86. The number of nitrogens with zero attached hydrogens (tertiary/aromatic N) is 3. The first kappa shape index (κ1) is 27.8. The molecule has 6 heteroatoms. The molecule has 4 aromatic carbocycles. The average Bonchev–Trinajstić information content (AvgIpc) is 2.99. The van der Waals surface area contributed by atoms with E-state index in [-0.39, 0.29) is 16.9 Å². The van der Waals surface area contributed by atoms with Crippen LogP contribution in [0.5, 0.6) is 5.75 Å². The number of carbonyl (C=O) groups excluding carboxylic acids is 1. The van der Waals surface area contributed by atoms with Gasteiger partial charge in [0.15, 0.2) is 0 Å². The van der Waals surface area contributed by atoms with E-state index in [1.54, 1.807) is 22.6 Å². The lowest BCUT2D eigenvalue weighted by Crippen LogP contribution is -2.35. The van der Waals surface area contributed by atoms with Crippen LogP contribution >= 0.6 is 0 Å². The van der Waals surface area contributed by atoms with Crippen LogP contribution in [0, 0.1) is 0 Å². The van der Waals surface area contributed by atoms with Gasteiger partial charge in [0.25, 0.3) is 11.5 Å². The molecule has 41 heavy (non-hydrogen) atoms. The molecule has 0 spiro atoms. The number of hydrogen-bond donors (Lipinski definition) is 0. The molecule has 0 aliphatic carbocycles. The number of rotatable bonds is 7. The maximum Gasteiger partial charge on any atom is 0.266 e. The number of aromatic nitrogens is 2. The molecule has 1 heterocycles. The number of para-hydroxylation sites is 1. The Morgan fingerprint density at radius 2 is 1.51 bits per heavy atom. The first-order valence-electron chi connectivity index (χ1n) is 13.8. The highest BCUT2D eigenvalue weighted by Crippen LogP contribution is 2.26. The molecular weight excluding hydrogens is 510 g/mol. The van der Waals surface area contributed by atoms with E-state index in [1.807, 2.05) is 104 Å². The molecule has 0 aliphatic heterocycles. The number of amides is 1. The van der Waals surface area contributed by atoms with Crippen LogP contribution in [0.15, 0.2) is 108 Å². The predicted octanol–water partition coefficient (Wildman–Crippen LogP) is 7.10. The minimum atomic E-state index is -0.490. The number of fused-ring (bicyclic) bond motifs is 1. The van der Waals surface area contributed by atoms with Gasteiger partial charge in [0.05, 0.1) is 22.6 Å². The molecule has 1 unspecified atom stereocenters. The zero-order valence-electron chi connectivity index (χ0n) is 24.2. The van der Waals surface area contributed by atoms with Gasteiger partial charge in [-0.05, 0) is 72.0 Å². The van der Waals surface area contributed by atoms with Gasteiger partial charge in [-0.2, -0.15) is 0 Å². The van der Waals surface area contributed by atoms with Crippen molar-refractivity contribution in [3.8, 4) is 11.4 Å². The average molecular weight is 546 g/mol. The van der Waals surface area contributed by atoms with Crippen LogP contribution < -0.4 is 10.3 Å². The molecule has 208 valence electrons.